The number of aromatic nitrogens is 2. The van der Waals surface area contributed by atoms with E-state index in [2.05, 4.69) is 16.2 Å². The molecule has 2 aliphatic rings. The lowest BCUT2D eigenvalue weighted by atomic mass is 10.0. The van der Waals surface area contributed by atoms with Crippen LogP contribution in [0.25, 0.3) is 22.8 Å². The lowest BCUT2D eigenvalue weighted by Gasteiger charge is -2.24. The second kappa shape index (κ2) is 8.34. The van der Waals surface area contributed by atoms with Gasteiger partial charge in [0.05, 0.1) is 29.9 Å². The molecule has 2 heterocycles. The van der Waals surface area contributed by atoms with Crippen molar-refractivity contribution < 1.29 is 19.2 Å². The zero-order chi connectivity index (χ0) is 23.1. The fraction of sp³-hybridized carbons (Fsp3) is 0.360. The molecule has 1 aliphatic carbocycles. The molecule has 0 unspecified atom stereocenters. The Balaban J connectivity index is 1.49. The average molecular weight is 444 g/mol. The van der Waals surface area contributed by atoms with Gasteiger partial charge < -0.3 is 19.3 Å². The van der Waals surface area contributed by atoms with Crippen molar-refractivity contribution in [1.29, 1.82) is 5.26 Å². The number of β-amino-alcohol motifs (C(OH)–C–C–N with tert-alkyl or cyclic N) is 1. The molecule has 1 N–H and O–H groups in total. The third-order valence-corrected chi connectivity index (χ3v) is 6.26. The topological polar surface area (TPSA) is 112 Å². The number of aliphatic hydroxyl groups is 1. The van der Waals surface area contributed by atoms with Crippen molar-refractivity contribution in [2.24, 2.45) is 5.92 Å². The Bertz CT molecular complexity index is 1260. The largest absolute Gasteiger partial charge is 0.491 e. The third-order valence-electron chi connectivity index (χ3n) is 6.26. The van der Waals surface area contributed by atoms with E-state index in [1.54, 1.807) is 23.1 Å². The van der Waals surface area contributed by atoms with Crippen molar-refractivity contribution in [1.82, 2.24) is 15.0 Å². The summed E-state index contributed by atoms with van der Waals surface area (Å²) in [6, 6.07) is 13.3. The number of rotatable bonds is 6. The number of aliphatic hydroxyl groups excluding tert-OH is 1. The van der Waals surface area contributed by atoms with Gasteiger partial charge in [-0.15, -0.1) is 0 Å². The van der Waals surface area contributed by atoms with E-state index in [4.69, 9.17) is 9.26 Å². The molecular weight excluding hydrogens is 420 g/mol. The van der Waals surface area contributed by atoms with Gasteiger partial charge in [-0.25, -0.2) is 0 Å². The Morgan fingerprint density at radius 2 is 2.12 bits per heavy atom. The van der Waals surface area contributed by atoms with E-state index in [-0.39, 0.29) is 36.5 Å². The van der Waals surface area contributed by atoms with Crippen LogP contribution in [0.15, 0.2) is 40.9 Å². The van der Waals surface area contributed by atoms with Gasteiger partial charge in [0.2, 0.25) is 11.7 Å². The predicted molar refractivity (Wildman–Crippen MR) is 119 cm³/mol. The van der Waals surface area contributed by atoms with Crippen LogP contribution >= 0.6 is 0 Å². The Labute approximate surface area is 191 Å². The molecule has 1 fully saturated rings. The van der Waals surface area contributed by atoms with Crippen molar-refractivity contribution in [3.63, 3.8) is 0 Å². The zero-order valence-corrected chi connectivity index (χ0v) is 18.5. The first-order chi connectivity index (χ1) is 16.0. The van der Waals surface area contributed by atoms with E-state index in [1.165, 1.54) is 0 Å². The molecule has 1 aromatic heterocycles. The van der Waals surface area contributed by atoms with Crippen LogP contribution in [0.4, 0.5) is 0 Å². The second-order valence-electron chi connectivity index (χ2n) is 8.71. The van der Waals surface area contributed by atoms with Crippen molar-refractivity contribution in [2.45, 2.75) is 38.8 Å². The smallest absolute Gasteiger partial charge is 0.259 e. The first kappa shape index (κ1) is 21.2. The summed E-state index contributed by atoms with van der Waals surface area (Å²) in [5.41, 5.74) is 4.00. The molecule has 5 rings (SSSR count). The molecule has 33 heavy (non-hydrogen) atoms. The van der Waals surface area contributed by atoms with Gasteiger partial charge in [0.1, 0.15) is 11.8 Å². The van der Waals surface area contributed by atoms with Gasteiger partial charge in [0, 0.05) is 18.5 Å². The number of hydrogen-bond donors (Lipinski definition) is 1. The standard InChI is InChI=1S/C25H24N4O4/c1-14(2)32-17-6-7-18(16(10-17)13-26)25-27-24(28-33-25)20-5-3-4-19-21(20)11-15-12-22(31)29(8-9-30)23(15)19/h3-7,10,14-15,23,30H,8-9,11-12H2,1-2H3/t15-,23+/m0/s1. The molecule has 8 nitrogen and oxygen atoms in total. The van der Waals surface area contributed by atoms with E-state index in [1.807, 2.05) is 32.0 Å². The van der Waals surface area contributed by atoms with Crippen molar-refractivity contribution in [3.05, 3.63) is 53.1 Å². The van der Waals surface area contributed by atoms with Crippen LogP contribution in [0.5, 0.6) is 5.75 Å². The molecule has 0 saturated carbocycles. The summed E-state index contributed by atoms with van der Waals surface area (Å²) in [7, 11) is 0. The van der Waals surface area contributed by atoms with Gasteiger partial charge in [-0.1, -0.05) is 23.4 Å². The molecule has 2 aromatic carbocycles. The van der Waals surface area contributed by atoms with E-state index < -0.39 is 0 Å². The maximum Gasteiger partial charge on any atom is 0.259 e. The average Bonchev–Trinajstić information content (AvgIpc) is 3.48. The van der Waals surface area contributed by atoms with Crippen LogP contribution in [0, 0.1) is 17.2 Å². The van der Waals surface area contributed by atoms with Crippen LogP contribution in [-0.2, 0) is 11.2 Å². The van der Waals surface area contributed by atoms with Gasteiger partial charge in [0.25, 0.3) is 5.89 Å². The highest BCUT2D eigenvalue weighted by Crippen LogP contribution is 2.49. The van der Waals surface area contributed by atoms with E-state index in [0.717, 1.165) is 23.1 Å². The molecular formula is C25H24N4O4. The minimum absolute atomic E-state index is 0.000616. The Morgan fingerprint density at radius 1 is 1.27 bits per heavy atom. The number of benzene rings is 2. The molecule has 1 saturated heterocycles. The van der Waals surface area contributed by atoms with E-state index >= 15 is 0 Å². The van der Waals surface area contributed by atoms with E-state index in [0.29, 0.717) is 35.7 Å². The fourth-order valence-electron chi connectivity index (χ4n) is 5.01. The molecule has 0 spiro atoms. The lowest BCUT2D eigenvalue weighted by molar-refractivity contribution is -0.129. The number of fused-ring (bicyclic) bond motifs is 3. The third kappa shape index (κ3) is 3.64. The summed E-state index contributed by atoms with van der Waals surface area (Å²) in [4.78, 5) is 18.8. The monoisotopic (exact) mass is 444 g/mol. The summed E-state index contributed by atoms with van der Waals surface area (Å²) in [6.07, 6.45) is 1.23. The summed E-state index contributed by atoms with van der Waals surface area (Å²) in [6.45, 7) is 4.13. The zero-order valence-electron chi connectivity index (χ0n) is 18.5. The molecule has 168 valence electrons. The number of carbonyl (C=O) groups excluding carboxylic acids is 1. The number of nitriles is 1. The first-order valence-corrected chi connectivity index (χ1v) is 11.1. The van der Waals surface area contributed by atoms with Gasteiger partial charge in [-0.3, -0.25) is 4.79 Å². The summed E-state index contributed by atoms with van der Waals surface area (Å²) < 4.78 is 11.2. The van der Waals surface area contributed by atoms with Crippen LogP contribution in [0.2, 0.25) is 0 Å². The molecule has 0 bridgehead atoms. The molecule has 1 amide bonds. The molecule has 3 aromatic rings. The molecule has 8 heteroatoms. The highest BCUT2D eigenvalue weighted by atomic mass is 16.5. The van der Waals surface area contributed by atoms with Crippen LogP contribution in [-0.4, -0.2) is 45.3 Å². The Hall–Kier alpha value is -3.70. The maximum absolute atomic E-state index is 12.4. The highest BCUT2D eigenvalue weighted by Gasteiger charge is 2.46. The fourth-order valence-corrected chi connectivity index (χ4v) is 5.01. The van der Waals surface area contributed by atoms with Gasteiger partial charge >= 0.3 is 0 Å². The normalized spacial score (nSPS) is 19.0. The van der Waals surface area contributed by atoms with Crippen LogP contribution in [0.1, 0.15) is 43.0 Å². The lowest BCUT2D eigenvalue weighted by Crippen LogP contribution is -2.30. The summed E-state index contributed by atoms with van der Waals surface area (Å²) >= 11 is 0. The Kier molecular flexibility index (Phi) is 5.35. The minimum Gasteiger partial charge on any atom is -0.491 e. The van der Waals surface area contributed by atoms with Crippen LogP contribution < -0.4 is 4.74 Å². The number of amides is 1. The highest BCUT2D eigenvalue weighted by molar-refractivity contribution is 5.81. The Morgan fingerprint density at radius 3 is 2.88 bits per heavy atom. The van der Waals surface area contributed by atoms with Gasteiger partial charge in [-0.05, 0) is 55.5 Å². The van der Waals surface area contributed by atoms with Gasteiger partial charge in [0.15, 0.2) is 0 Å². The second-order valence-corrected chi connectivity index (χ2v) is 8.71. The number of nitrogens with zero attached hydrogens (tertiary/aromatic N) is 4. The number of ether oxygens (including phenoxy) is 1. The molecule has 2 atom stereocenters. The number of hydrogen-bond acceptors (Lipinski definition) is 7. The van der Waals surface area contributed by atoms with Gasteiger partial charge in [-0.2, -0.15) is 10.2 Å². The van der Waals surface area contributed by atoms with Crippen molar-refractivity contribution in [3.8, 4) is 34.7 Å². The number of likely N-dealkylation sites (tertiary alicyclic amines) is 1. The summed E-state index contributed by atoms with van der Waals surface area (Å²) in [5, 5.41) is 23.2. The molecule has 1 aliphatic heterocycles. The van der Waals surface area contributed by atoms with Crippen molar-refractivity contribution >= 4 is 5.91 Å². The summed E-state index contributed by atoms with van der Waals surface area (Å²) in [5.74, 6) is 1.61. The quantitative estimate of drug-likeness (QED) is 0.619. The maximum atomic E-state index is 12.4. The minimum atomic E-state index is -0.0551. The molecule has 0 radical (unpaired) electrons. The SMILES string of the molecule is CC(C)Oc1ccc(-c2nc(-c3cccc4c3C[C@H]3CC(=O)N(CCO)[C@@H]43)no2)c(C#N)c1. The first-order valence-electron chi connectivity index (χ1n) is 11.1. The van der Waals surface area contributed by atoms with Crippen molar-refractivity contribution in [2.75, 3.05) is 13.2 Å². The predicted octanol–water partition coefficient (Wildman–Crippen LogP) is 3.50. The van der Waals surface area contributed by atoms with E-state index in [9.17, 15) is 15.2 Å². The van der Waals surface area contributed by atoms with Crippen LogP contribution in [0.3, 0.4) is 0 Å². The number of carbonyl (C=O) groups is 1.